The number of ether oxygens (including phenoxy) is 1. The van der Waals surface area contributed by atoms with Crippen LogP contribution in [0, 0.1) is 5.41 Å². The summed E-state index contributed by atoms with van der Waals surface area (Å²) in [5.74, 6) is -0.0381. The van der Waals surface area contributed by atoms with Gasteiger partial charge in [-0.3, -0.25) is 10.2 Å². The maximum Gasteiger partial charge on any atom is 0.306 e. The molecule has 0 spiro atoms. The number of phenolic OH excluding ortho intramolecular Hbond substituents is 1. The van der Waals surface area contributed by atoms with E-state index in [4.69, 9.17) is 10.1 Å². The Morgan fingerprint density at radius 3 is 2.71 bits per heavy atom. The number of esters is 1. The first-order valence-electron chi connectivity index (χ1n) is 7.79. The molecule has 0 unspecified atom stereocenters. The van der Waals surface area contributed by atoms with Gasteiger partial charge in [0.1, 0.15) is 17.8 Å². The molecular formula is C18H21N3O3. The molecule has 0 saturated carbocycles. The molecule has 1 aromatic carbocycles. The molecule has 0 aliphatic carbocycles. The number of aromatic nitrogens is 2. The van der Waals surface area contributed by atoms with Gasteiger partial charge in [0, 0.05) is 18.5 Å². The molecule has 6 nitrogen and oxygen atoms in total. The van der Waals surface area contributed by atoms with Crippen LogP contribution in [0.2, 0.25) is 0 Å². The molecule has 2 N–H and O–H groups in total. The zero-order valence-electron chi connectivity index (χ0n) is 13.4. The molecule has 2 rings (SSSR count). The van der Waals surface area contributed by atoms with Crippen molar-refractivity contribution in [3.05, 3.63) is 54.5 Å². The molecule has 0 fully saturated rings. The van der Waals surface area contributed by atoms with Crippen LogP contribution in [0.15, 0.2) is 49.1 Å². The van der Waals surface area contributed by atoms with Crippen molar-refractivity contribution in [2.24, 2.45) is 0 Å². The standard InChI is InChI=1S/C18H21N3O3/c1-2-13-24-18(23)5-3-4-12-21-17(19)11-10-16(20-21)14-6-8-15(22)9-7-14/h2,6-11,19,22H,1,3-5,12-13H2. The van der Waals surface area contributed by atoms with E-state index in [0.717, 1.165) is 17.7 Å². The first-order valence-corrected chi connectivity index (χ1v) is 7.79. The molecule has 0 atom stereocenters. The van der Waals surface area contributed by atoms with Crippen molar-refractivity contribution in [1.82, 2.24) is 9.78 Å². The predicted octanol–water partition coefficient (Wildman–Crippen LogP) is 2.63. The summed E-state index contributed by atoms with van der Waals surface area (Å²) in [6.07, 6.45) is 3.29. The maximum atomic E-state index is 11.4. The van der Waals surface area contributed by atoms with E-state index in [1.807, 2.05) is 0 Å². The maximum absolute atomic E-state index is 11.4. The van der Waals surface area contributed by atoms with Gasteiger partial charge in [0.15, 0.2) is 0 Å². The number of unbranched alkanes of at least 4 members (excludes halogenated alkanes) is 1. The number of carbonyl (C=O) groups is 1. The van der Waals surface area contributed by atoms with Crippen molar-refractivity contribution in [2.75, 3.05) is 6.61 Å². The molecule has 2 aromatic rings. The largest absolute Gasteiger partial charge is 0.508 e. The number of carbonyl (C=O) groups excluding carboxylic acids is 1. The fraction of sp³-hybridized carbons (Fsp3) is 0.278. The Hall–Kier alpha value is -2.89. The first kappa shape index (κ1) is 17.5. The molecule has 1 heterocycles. The second-order valence-electron chi connectivity index (χ2n) is 5.30. The van der Waals surface area contributed by atoms with E-state index in [-0.39, 0.29) is 18.3 Å². The smallest absolute Gasteiger partial charge is 0.306 e. The Bertz CT molecular complexity index is 751. The Morgan fingerprint density at radius 2 is 2.00 bits per heavy atom. The fourth-order valence-electron chi connectivity index (χ4n) is 2.17. The summed E-state index contributed by atoms with van der Waals surface area (Å²) in [6, 6.07) is 10.2. The lowest BCUT2D eigenvalue weighted by molar-refractivity contribution is -0.142. The molecule has 0 bridgehead atoms. The monoisotopic (exact) mass is 327 g/mol. The molecule has 0 saturated heterocycles. The SMILES string of the molecule is C=CCOC(=O)CCCCn1nc(-c2ccc(O)cc2)ccc1=N. The van der Waals surface area contributed by atoms with Crippen LogP contribution in [0.1, 0.15) is 19.3 Å². The lowest BCUT2D eigenvalue weighted by atomic mass is 10.1. The van der Waals surface area contributed by atoms with Gasteiger partial charge in [-0.2, -0.15) is 5.10 Å². The number of benzene rings is 1. The minimum absolute atomic E-state index is 0.201. The lowest BCUT2D eigenvalue weighted by Crippen LogP contribution is -2.22. The summed E-state index contributed by atoms with van der Waals surface area (Å²) < 4.78 is 6.53. The van der Waals surface area contributed by atoms with Crippen molar-refractivity contribution in [3.8, 4) is 17.0 Å². The summed E-state index contributed by atoms with van der Waals surface area (Å²) in [5.41, 5.74) is 1.91. The normalized spacial score (nSPS) is 10.3. The highest BCUT2D eigenvalue weighted by Gasteiger charge is 2.04. The van der Waals surface area contributed by atoms with Crippen molar-refractivity contribution < 1.29 is 14.6 Å². The molecule has 0 aliphatic heterocycles. The fourth-order valence-corrected chi connectivity index (χ4v) is 2.17. The van der Waals surface area contributed by atoms with Crippen molar-refractivity contribution in [2.45, 2.75) is 25.8 Å². The molecule has 6 heteroatoms. The van der Waals surface area contributed by atoms with E-state index in [9.17, 15) is 9.90 Å². The van der Waals surface area contributed by atoms with Crippen LogP contribution in [-0.2, 0) is 16.1 Å². The van der Waals surface area contributed by atoms with Crippen LogP contribution >= 0.6 is 0 Å². The highest BCUT2D eigenvalue weighted by atomic mass is 16.5. The highest BCUT2D eigenvalue weighted by molar-refractivity contribution is 5.69. The van der Waals surface area contributed by atoms with Gasteiger partial charge in [-0.15, -0.1) is 0 Å². The van der Waals surface area contributed by atoms with E-state index in [0.29, 0.717) is 24.9 Å². The molecule has 0 radical (unpaired) electrons. The van der Waals surface area contributed by atoms with Gasteiger partial charge in [0.05, 0.1) is 5.69 Å². The van der Waals surface area contributed by atoms with Crippen LogP contribution in [0.3, 0.4) is 0 Å². The summed E-state index contributed by atoms with van der Waals surface area (Å²) in [6.45, 7) is 4.28. The third-order valence-corrected chi connectivity index (χ3v) is 3.43. The Labute approximate surface area is 140 Å². The predicted molar refractivity (Wildman–Crippen MR) is 90.2 cm³/mol. The summed E-state index contributed by atoms with van der Waals surface area (Å²) in [4.78, 5) is 11.4. The number of hydrogen-bond donors (Lipinski definition) is 2. The third kappa shape index (κ3) is 5.08. The number of aryl methyl sites for hydroxylation is 1. The molecule has 24 heavy (non-hydrogen) atoms. The van der Waals surface area contributed by atoms with Gasteiger partial charge in [0.25, 0.3) is 0 Å². The number of hydrogen-bond acceptors (Lipinski definition) is 5. The molecular weight excluding hydrogens is 306 g/mol. The minimum atomic E-state index is -0.239. The summed E-state index contributed by atoms with van der Waals surface area (Å²) in [5, 5.41) is 21.7. The van der Waals surface area contributed by atoms with E-state index >= 15 is 0 Å². The zero-order chi connectivity index (χ0) is 17.4. The second-order valence-corrected chi connectivity index (χ2v) is 5.30. The van der Waals surface area contributed by atoms with Gasteiger partial charge in [0.2, 0.25) is 0 Å². The average Bonchev–Trinajstić information content (AvgIpc) is 2.59. The second kappa shape index (κ2) is 8.67. The summed E-state index contributed by atoms with van der Waals surface area (Å²) in [7, 11) is 0. The van der Waals surface area contributed by atoms with Crippen molar-refractivity contribution in [1.29, 1.82) is 5.41 Å². The van der Waals surface area contributed by atoms with E-state index in [1.54, 1.807) is 47.2 Å². The first-order chi connectivity index (χ1) is 11.6. The molecule has 1 aromatic heterocycles. The topological polar surface area (TPSA) is 88.2 Å². The van der Waals surface area contributed by atoms with E-state index in [1.165, 1.54) is 0 Å². The highest BCUT2D eigenvalue weighted by Crippen LogP contribution is 2.18. The van der Waals surface area contributed by atoms with Crippen LogP contribution in [0.4, 0.5) is 0 Å². The van der Waals surface area contributed by atoms with Crippen molar-refractivity contribution >= 4 is 5.97 Å². The molecule has 0 amide bonds. The lowest BCUT2D eigenvalue weighted by Gasteiger charge is -2.08. The quantitative estimate of drug-likeness (QED) is 0.443. The van der Waals surface area contributed by atoms with Crippen molar-refractivity contribution in [3.63, 3.8) is 0 Å². The zero-order valence-corrected chi connectivity index (χ0v) is 13.4. The van der Waals surface area contributed by atoms with Crippen LogP contribution in [-0.4, -0.2) is 27.5 Å². The molecule has 126 valence electrons. The van der Waals surface area contributed by atoms with Crippen LogP contribution in [0.25, 0.3) is 11.3 Å². The Kier molecular flexibility index (Phi) is 6.31. The number of phenols is 1. The average molecular weight is 327 g/mol. The third-order valence-electron chi connectivity index (χ3n) is 3.43. The van der Waals surface area contributed by atoms with Gasteiger partial charge in [-0.05, 0) is 49.2 Å². The van der Waals surface area contributed by atoms with Gasteiger partial charge < -0.3 is 9.84 Å². The van der Waals surface area contributed by atoms with Crippen LogP contribution in [0.5, 0.6) is 5.75 Å². The number of aromatic hydroxyl groups is 1. The van der Waals surface area contributed by atoms with E-state index in [2.05, 4.69) is 11.7 Å². The minimum Gasteiger partial charge on any atom is -0.508 e. The Morgan fingerprint density at radius 1 is 1.25 bits per heavy atom. The summed E-state index contributed by atoms with van der Waals surface area (Å²) >= 11 is 0. The molecule has 0 aliphatic rings. The number of nitrogens with zero attached hydrogens (tertiary/aromatic N) is 2. The van der Waals surface area contributed by atoms with E-state index < -0.39 is 0 Å². The van der Waals surface area contributed by atoms with Crippen LogP contribution < -0.4 is 5.49 Å². The van der Waals surface area contributed by atoms with Gasteiger partial charge in [-0.1, -0.05) is 12.7 Å². The Balaban J connectivity index is 1.94. The number of nitrogens with one attached hydrogen (secondary N) is 1. The number of rotatable bonds is 8. The van der Waals surface area contributed by atoms with Gasteiger partial charge in [-0.25, -0.2) is 4.68 Å². The van der Waals surface area contributed by atoms with Gasteiger partial charge >= 0.3 is 5.97 Å².